The topological polar surface area (TPSA) is 59.2 Å². The van der Waals surface area contributed by atoms with E-state index in [-0.39, 0.29) is 0 Å². The maximum Gasteiger partial charge on any atom is 0.164 e. The van der Waals surface area contributed by atoms with Gasteiger partial charge in [-0.15, -0.1) is 0 Å². The molecule has 3 heterocycles. The summed E-state index contributed by atoms with van der Waals surface area (Å²) in [5.41, 5.74) is 12.0. The molecule has 264 valence electrons. The summed E-state index contributed by atoms with van der Waals surface area (Å²) in [4.78, 5) is 21.8. The van der Waals surface area contributed by atoms with Gasteiger partial charge in [-0.3, -0.25) is 4.99 Å². The third-order valence-corrected chi connectivity index (χ3v) is 10.2. The lowest BCUT2D eigenvalue weighted by Gasteiger charge is -2.25. The number of benzene rings is 7. The van der Waals surface area contributed by atoms with Crippen molar-refractivity contribution in [1.29, 1.82) is 0 Å². The molecule has 0 aliphatic carbocycles. The van der Waals surface area contributed by atoms with Crippen LogP contribution < -0.4 is 4.90 Å². The first-order valence-corrected chi connectivity index (χ1v) is 18.6. The van der Waals surface area contributed by atoms with E-state index in [1.165, 1.54) is 10.8 Å². The lowest BCUT2D eigenvalue weighted by molar-refractivity contribution is 1.07. The van der Waals surface area contributed by atoms with Gasteiger partial charge in [-0.2, -0.15) is 0 Å². The second-order valence-corrected chi connectivity index (χ2v) is 13.6. The number of aliphatic imine (C=N–C) groups is 1. The summed E-state index contributed by atoms with van der Waals surface area (Å²) >= 11 is 0. The molecule has 1 aliphatic heterocycles. The highest BCUT2D eigenvalue weighted by molar-refractivity contribution is 6.16. The molecule has 10 rings (SSSR count). The van der Waals surface area contributed by atoms with Gasteiger partial charge in [-0.25, -0.2) is 15.0 Å². The Morgan fingerprint density at radius 2 is 1.04 bits per heavy atom. The molecule has 0 saturated carbocycles. The average Bonchev–Trinajstić information content (AvgIpc) is 3.61. The molecule has 9 aromatic rings. The van der Waals surface area contributed by atoms with Crippen molar-refractivity contribution < 1.29 is 0 Å². The number of nitrogens with zero attached hydrogens (tertiary/aromatic N) is 6. The summed E-state index contributed by atoms with van der Waals surface area (Å²) in [6, 6.07) is 60.8. The van der Waals surface area contributed by atoms with Crippen molar-refractivity contribution in [3.8, 4) is 51.0 Å². The van der Waals surface area contributed by atoms with Crippen molar-refractivity contribution in [3.63, 3.8) is 0 Å². The van der Waals surface area contributed by atoms with E-state index in [0.29, 0.717) is 17.5 Å². The number of fused-ring (bicyclic) bond motifs is 4. The fourth-order valence-electron chi connectivity index (χ4n) is 7.62. The Hall–Kier alpha value is -7.70. The maximum atomic E-state index is 5.03. The number of para-hydroxylation sites is 2. The van der Waals surface area contributed by atoms with Crippen LogP contribution in [-0.2, 0) is 0 Å². The molecular weight excluding hydrogens is 685 g/mol. The third-order valence-electron chi connectivity index (χ3n) is 10.2. The van der Waals surface area contributed by atoms with Crippen LogP contribution in [0.1, 0.15) is 5.56 Å². The smallest absolute Gasteiger partial charge is 0.164 e. The molecule has 0 fully saturated rings. The Bertz CT molecular complexity index is 2920. The predicted molar refractivity (Wildman–Crippen MR) is 231 cm³/mol. The number of hydrogen-bond acceptors (Lipinski definition) is 5. The summed E-state index contributed by atoms with van der Waals surface area (Å²) < 4.78 is 2.35. The molecule has 2 aromatic heterocycles. The van der Waals surface area contributed by atoms with Crippen molar-refractivity contribution in [2.24, 2.45) is 4.99 Å². The molecule has 0 N–H and O–H groups in total. The number of hydrogen-bond donors (Lipinski definition) is 0. The predicted octanol–water partition coefficient (Wildman–Crippen LogP) is 12.3. The zero-order valence-corrected chi connectivity index (χ0v) is 30.4. The van der Waals surface area contributed by atoms with Crippen LogP contribution >= 0.6 is 0 Å². The van der Waals surface area contributed by atoms with Crippen molar-refractivity contribution in [2.75, 3.05) is 4.90 Å². The first kappa shape index (κ1) is 32.9. The Balaban J connectivity index is 1.14. The van der Waals surface area contributed by atoms with Crippen molar-refractivity contribution >= 4 is 45.1 Å². The number of aromatic nitrogens is 4. The maximum absolute atomic E-state index is 5.03. The second-order valence-electron chi connectivity index (χ2n) is 13.6. The quantitative estimate of drug-likeness (QED) is 0.172. The monoisotopic (exact) mass is 718 g/mol. The normalized spacial score (nSPS) is 13.1. The van der Waals surface area contributed by atoms with Crippen LogP contribution in [0.5, 0.6) is 0 Å². The standard InChI is InChI=1S/C50H34N6/c1-34-41-29-28-37(33-46(41)55(31-15-30-51-34)39-21-9-4-10-22-39)42-25-14-27-45-47(42)43-24-11-12-26-44(43)56(45)40-23-13-20-38(32-40)50-53-48(35-16-5-2-6-17-35)52-49(54-50)36-18-7-3-8-19-36/h2-33H,1H2/b31-15-,51-30?. The molecule has 56 heavy (non-hydrogen) atoms. The summed E-state index contributed by atoms with van der Waals surface area (Å²) in [5.74, 6) is 1.88. The molecule has 1 aliphatic rings. The highest BCUT2D eigenvalue weighted by Gasteiger charge is 2.20. The van der Waals surface area contributed by atoms with E-state index in [1.54, 1.807) is 6.21 Å². The van der Waals surface area contributed by atoms with E-state index in [2.05, 4.69) is 136 Å². The van der Waals surface area contributed by atoms with Crippen LogP contribution in [0.4, 0.5) is 11.4 Å². The van der Waals surface area contributed by atoms with Gasteiger partial charge in [0.25, 0.3) is 0 Å². The van der Waals surface area contributed by atoms with Crippen LogP contribution in [0.15, 0.2) is 200 Å². The highest BCUT2D eigenvalue weighted by atomic mass is 15.1. The van der Waals surface area contributed by atoms with Crippen LogP contribution in [0.25, 0.3) is 78.5 Å². The minimum Gasteiger partial charge on any atom is -0.316 e. The Labute approximate surface area is 324 Å². The fraction of sp³-hybridized carbons (Fsp3) is 0. The van der Waals surface area contributed by atoms with Gasteiger partial charge in [-0.1, -0.05) is 140 Å². The number of allylic oxidation sites excluding steroid dienone is 1. The lowest BCUT2D eigenvalue weighted by atomic mass is 9.96. The molecule has 0 radical (unpaired) electrons. The first-order valence-electron chi connectivity index (χ1n) is 18.6. The van der Waals surface area contributed by atoms with E-state index in [4.69, 9.17) is 15.0 Å². The Morgan fingerprint density at radius 3 is 1.77 bits per heavy atom. The minimum absolute atomic E-state index is 0.615. The van der Waals surface area contributed by atoms with E-state index >= 15 is 0 Å². The van der Waals surface area contributed by atoms with E-state index < -0.39 is 0 Å². The number of anilines is 2. The van der Waals surface area contributed by atoms with Gasteiger partial charge in [-0.05, 0) is 59.7 Å². The number of rotatable bonds is 6. The minimum atomic E-state index is 0.615. The molecule has 6 nitrogen and oxygen atoms in total. The Morgan fingerprint density at radius 1 is 0.446 bits per heavy atom. The third kappa shape index (κ3) is 5.86. The summed E-state index contributed by atoms with van der Waals surface area (Å²) in [7, 11) is 0. The van der Waals surface area contributed by atoms with Gasteiger partial charge < -0.3 is 9.47 Å². The van der Waals surface area contributed by atoms with E-state index in [0.717, 1.165) is 67.2 Å². The van der Waals surface area contributed by atoms with E-state index in [1.807, 2.05) is 72.8 Å². The van der Waals surface area contributed by atoms with Gasteiger partial charge in [0, 0.05) is 56.8 Å². The van der Waals surface area contributed by atoms with Crippen LogP contribution in [-0.4, -0.2) is 25.7 Å². The molecule has 0 spiro atoms. The summed E-state index contributed by atoms with van der Waals surface area (Å²) in [5, 5.41) is 2.35. The summed E-state index contributed by atoms with van der Waals surface area (Å²) in [6.07, 6.45) is 5.81. The van der Waals surface area contributed by atoms with Crippen molar-refractivity contribution in [2.45, 2.75) is 0 Å². The average molecular weight is 719 g/mol. The van der Waals surface area contributed by atoms with Crippen LogP contribution in [0, 0.1) is 0 Å². The fourth-order valence-corrected chi connectivity index (χ4v) is 7.62. The van der Waals surface area contributed by atoms with Crippen molar-refractivity contribution in [3.05, 3.63) is 200 Å². The largest absolute Gasteiger partial charge is 0.316 e. The van der Waals surface area contributed by atoms with Gasteiger partial charge in [0.05, 0.1) is 22.4 Å². The molecule has 0 atom stereocenters. The molecule has 0 saturated heterocycles. The zero-order chi connectivity index (χ0) is 37.4. The van der Waals surface area contributed by atoms with Gasteiger partial charge in [0.2, 0.25) is 0 Å². The lowest BCUT2D eigenvalue weighted by Crippen LogP contribution is -2.11. The second kappa shape index (κ2) is 13.9. The van der Waals surface area contributed by atoms with Crippen LogP contribution in [0.2, 0.25) is 0 Å². The molecule has 0 unspecified atom stereocenters. The summed E-state index contributed by atoms with van der Waals surface area (Å²) in [6.45, 7) is 4.31. The first-order chi connectivity index (χ1) is 27.7. The highest BCUT2D eigenvalue weighted by Crippen LogP contribution is 2.42. The van der Waals surface area contributed by atoms with Gasteiger partial charge in [0.1, 0.15) is 0 Å². The molecule has 0 bridgehead atoms. The SMILES string of the molecule is C=C1N=C/C=C\N(c2ccccc2)c2cc(-c3cccc4c3c3ccccc3n4-c3cccc(-c4nc(-c5ccccc5)nc(-c5ccccc5)n4)c3)ccc21. The van der Waals surface area contributed by atoms with Crippen LogP contribution in [0.3, 0.4) is 0 Å². The molecular formula is C50H34N6. The van der Waals surface area contributed by atoms with Gasteiger partial charge in [0.15, 0.2) is 17.5 Å². The molecule has 7 aromatic carbocycles. The molecule has 6 heteroatoms. The van der Waals surface area contributed by atoms with E-state index in [9.17, 15) is 0 Å². The molecule has 0 amide bonds. The zero-order valence-electron chi connectivity index (χ0n) is 30.4. The van der Waals surface area contributed by atoms with Crippen molar-refractivity contribution in [1.82, 2.24) is 19.5 Å². The van der Waals surface area contributed by atoms with Gasteiger partial charge >= 0.3 is 0 Å². The Kier molecular flexibility index (Phi) is 8.19.